The Morgan fingerprint density at radius 2 is 2.12 bits per heavy atom. The van der Waals surface area contributed by atoms with Crippen LogP contribution in [-0.2, 0) is 11.3 Å². The molecule has 1 aliphatic heterocycles. The third kappa shape index (κ3) is 5.70. The van der Waals surface area contributed by atoms with Crippen LogP contribution in [0.3, 0.4) is 0 Å². The van der Waals surface area contributed by atoms with E-state index in [9.17, 15) is 4.79 Å². The summed E-state index contributed by atoms with van der Waals surface area (Å²) in [6.45, 7) is 6.10. The van der Waals surface area contributed by atoms with Gasteiger partial charge >= 0.3 is 0 Å². The van der Waals surface area contributed by atoms with Crippen LogP contribution in [-0.4, -0.2) is 57.2 Å². The molecule has 136 valence electrons. The maximum atomic E-state index is 11.7. The Morgan fingerprint density at radius 3 is 2.88 bits per heavy atom. The van der Waals surface area contributed by atoms with E-state index in [-0.39, 0.29) is 12.5 Å². The summed E-state index contributed by atoms with van der Waals surface area (Å²) in [5, 5.41) is 6.13. The minimum Gasteiger partial charge on any atom is -0.490 e. The van der Waals surface area contributed by atoms with Crippen LogP contribution < -0.4 is 20.1 Å². The average molecular weight is 346 g/mol. The van der Waals surface area contributed by atoms with Gasteiger partial charge in [0.1, 0.15) is 0 Å². The van der Waals surface area contributed by atoms with Gasteiger partial charge in [-0.1, -0.05) is 18.2 Å². The van der Waals surface area contributed by atoms with E-state index >= 15 is 0 Å². The summed E-state index contributed by atoms with van der Waals surface area (Å²) in [5.41, 5.74) is 0.943. The molecule has 7 nitrogen and oxygen atoms in total. The molecular formula is C18H26N4O3. The molecule has 0 radical (unpaired) electrons. The van der Waals surface area contributed by atoms with E-state index in [4.69, 9.17) is 9.47 Å². The fraction of sp³-hybridized carbons (Fsp3) is 0.444. The van der Waals surface area contributed by atoms with Gasteiger partial charge in [-0.2, -0.15) is 0 Å². The van der Waals surface area contributed by atoms with Gasteiger partial charge in [-0.25, -0.2) is 4.99 Å². The van der Waals surface area contributed by atoms with Crippen LogP contribution in [0.2, 0.25) is 0 Å². The highest BCUT2D eigenvalue weighted by Crippen LogP contribution is 2.33. The third-order valence-electron chi connectivity index (χ3n) is 3.58. The lowest BCUT2D eigenvalue weighted by molar-refractivity contribution is -0.127. The molecule has 1 aromatic rings. The highest BCUT2D eigenvalue weighted by Gasteiger charge is 2.14. The fourth-order valence-electron chi connectivity index (χ4n) is 2.20. The summed E-state index contributed by atoms with van der Waals surface area (Å²) in [6, 6.07) is 5.80. The highest BCUT2D eigenvalue weighted by atomic mass is 16.5. The van der Waals surface area contributed by atoms with Crippen molar-refractivity contribution in [3.05, 3.63) is 36.4 Å². The monoisotopic (exact) mass is 346 g/mol. The zero-order valence-corrected chi connectivity index (χ0v) is 14.9. The fourth-order valence-corrected chi connectivity index (χ4v) is 2.20. The predicted octanol–water partition coefficient (Wildman–Crippen LogP) is 1.16. The minimum absolute atomic E-state index is 0.0292. The molecule has 0 aromatic heterocycles. The van der Waals surface area contributed by atoms with Gasteiger partial charge in [0.05, 0.1) is 26.3 Å². The van der Waals surface area contributed by atoms with Gasteiger partial charge in [0, 0.05) is 32.6 Å². The summed E-state index contributed by atoms with van der Waals surface area (Å²) < 4.78 is 11.5. The molecule has 2 N–H and O–H groups in total. The van der Waals surface area contributed by atoms with Crippen LogP contribution in [0.25, 0.3) is 0 Å². The minimum atomic E-state index is -0.0292. The second-order valence-corrected chi connectivity index (χ2v) is 5.77. The Labute approximate surface area is 148 Å². The van der Waals surface area contributed by atoms with Crippen LogP contribution in [0.5, 0.6) is 11.5 Å². The summed E-state index contributed by atoms with van der Waals surface area (Å²) >= 11 is 0. The number of likely N-dealkylation sites (N-methyl/N-ethyl adjacent to an activating group) is 1. The molecule has 7 heteroatoms. The van der Waals surface area contributed by atoms with Crippen LogP contribution in [0.15, 0.2) is 35.8 Å². The normalized spacial score (nSPS) is 13.6. The van der Waals surface area contributed by atoms with Crippen molar-refractivity contribution in [1.29, 1.82) is 0 Å². The van der Waals surface area contributed by atoms with Crippen LogP contribution >= 0.6 is 0 Å². The molecule has 0 atom stereocenters. The number of ether oxygens (including phenoxy) is 2. The van der Waals surface area contributed by atoms with E-state index in [1.165, 1.54) is 4.90 Å². The zero-order valence-electron chi connectivity index (χ0n) is 14.9. The van der Waals surface area contributed by atoms with Gasteiger partial charge in [-0.15, -0.1) is 6.58 Å². The molecule has 1 amide bonds. The number of nitrogens with zero attached hydrogens (tertiary/aromatic N) is 2. The molecule has 1 heterocycles. The van der Waals surface area contributed by atoms with E-state index in [1.54, 1.807) is 20.2 Å². The lowest BCUT2D eigenvalue weighted by atomic mass is 10.2. The van der Waals surface area contributed by atoms with Crippen molar-refractivity contribution >= 4 is 11.9 Å². The van der Waals surface area contributed by atoms with Crippen LogP contribution in [0.1, 0.15) is 12.0 Å². The van der Waals surface area contributed by atoms with Crippen molar-refractivity contribution in [2.24, 2.45) is 4.99 Å². The Morgan fingerprint density at radius 1 is 1.32 bits per heavy atom. The molecule has 0 saturated heterocycles. The van der Waals surface area contributed by atoms with Crippen molar-refractivity contribution in [3.8, 4) is 11.5 Å². The topological polar surface area (TPSA) is 75.2 Å². The summed E-state index contributed by atoms with van der Waals surface area (Å²) in [5.74, 6) is 2.01. The molecule has 0 unspecified atom stereocenters. The average Bonchev–Trinajstić information content (AvgIpc) is 2.86. The molecular weight excluding hydrogens is 320 g/mol. The Hall–Kier alpha value is -2.70. The molecule has 2 rings (SSSR count). The summed E-state index contributed by atoms with van der Waals surface area (Å²) in [4.78, 5) is 17.8. The van der Waals surface area contributed by atoms with Crippen molar-refractivity contribution in [2.75, 3.05) is 40.4 Å². The number of nitrogens with one attached hydrogen (secondary N) is 2. The molecule has 0 fully saturated rings. The van der Waals surface area contributed by atoms with Gasteiger partial charge in [-0.3, -0.25) is 4.79 Å². The van der Waals surface area contributed by atoms with Crippen molar-refractivity contribution in [2.45, 2.75) is 13.0 Å². The Kier molecular flexibility index (Phi) is 7.13. The van der Waals surface area contributed by atoms with E-state index < -0.39 is 0 Å². The molecule has 1 aliphatic rings. The first-order valence-electron chi connectivity index (χ1n) is 8.32. The predicted molar refractivity (Wildman–Crippen MR) is 98.1 cm³/mol. The third-order valence-corrected chi connectivity index (χ3v) is 3.58. The molecule has 25 heavy (non-hydrogen) atoms. The van der Waals surface area contributed by atoms with Gasteiger partial charge in [0.15, 0.2) is 17.5 Å². The number of benzene rings is 1. The Balaban J connectivity index is 2.09. The Bertz CT molecular complexity index is 629. The zero-order chi connectivity index (χ0) is 18.1. The number of carbonyl (C=O) groups excluding carboxylic acids is 1. The smallest absolute Gasteiger partial charge is 0.241 e. The van der Waals surface area contributed by atoms with Crippen LogP contribution in [0.4, 0.5) is 0 Å². The first-order valence-corrected chi connectivity index (χ1v) is 8.32. The van der Waals surface area contributed by atoms with E-state index in [0.29, 0.717) is 32.3 Å². The number of hydrogen-bond donors (Lipinski definition) is 2. The van der Waals surface area contributed by atoms with Crippen molar-refractivity contribution < 1.29 is 14.3 Å². The number of guanidine groups is 1. The van der Waals surface area contributed by atoms with Crippen molar-refractivity contribution in [1.82, 2.24) is 15.5 Å². The number of fused-ring (bicyclic) bond motifs is 1. The number of aliphatic imine (C=N–C) groups is 1. The summed E-state index contributed by atoms with van der Waals surface area (Å²) in [6.07, 6.45) is 2.59. The van der Waals surface area contributed by atoms with Gasteiger partial charge in [-0.05, 0) is 6.07 Å². The lowest BCUT2D eigenvalue weighted by Crippen LogP contribution is -2.43. The second-order valence-electron chi connectivity index (χ2n) is 5.77. The largest absolute Gasteiger partial charge is 0.490 e. The standard InChI is InChI=1S/C18H26N4O3/c1-4-9-19-18(21-13-16(23)22(2)3)20-12-14-7-5-8-15-17(14)25-11-6-10-24-15/h4-5,7-8H,1,6,9-13H2,2-3H3,(H2,19,20,21). The molecule has 0 bridgehead atoms. The quantitative estimate of drug-likeness (QED) is 0.459. The number of amides is 1. The summed E-state index contributed by atoms with van der Waals surface area (Å²) in [7, 11) is 3.43. The maximum Gasteiger partial charge on any atom is 0.241 e. The molecule has 0 aliphatic carbocycles. The number of para-hydroxylation sites is 1. The first-order chi connectivity index (χ1) is 12.1. The maximum absolute atomic E-state index is 11.7. The molecule has 0 spiro atoms. The SMILES string of the molecule is C=CCNC(=NCc1cccc2c1OCCCO2)NCC(=O)N(C)C. The van der Waals surface area contributed by atoms with Crippen LogP contribution in [0, 0.1) is 0 Å². The van der Waals surface area contributed by atoms with Gasteiger partial charge in [0.2, 0.25) is 5.91 Å². The second kappa shape index (κ2) is 9.56. The number of rotatable bonds is 6. The van der Waals surface area contributed by atoms with Gasteiger partial charge < -0.3 is 25.0 Å². The highest BCUT2D eigenvalue weighted by molar-refractivity contribution is 5.86. The van der Waals surface area contributed by atoms with E-state index in [1.807, 2.05) is 18.2 Å². The van der Waals surface area contributed by atoms with E-state index in [2.05, 4.69) is 22.2 Å². The number of hydrogen-bond acceptors (Lipinski definition) is 4. The van der Waals surface area contributed by atoms with Crippen molar-refractivity contribution in [3.63, 3.8) is 0 Å². The van der Waals surface area contributed by atoms with Gasteiger partial charge in [0.25, 0.3) is 0 Å². The lowest BCUT2D eigenvalue weighted by Gasteiger charge is -2.15. The molecule has 0 saturated carbocycles. The first kappa shape index (κ1) is 18.6. The van der Waals surface area contributed by atoms with E-state index in [0.717, 1.165) is 23.5 Å². The number of carbonyl (C=O) groups is 1. The molecule has 1 aromatic carbocycles.